The van der Waals surface area contributed by atoms with E-state index >= 15 is 0 Å². The van der Waals surface area contributed by atoms with Crippen LogP contribution in [-0.4, -0.2) is 25.2 Å². The molecular weight excluding hydrogens is 180 g/mol. The molecule has 4 N–H and O–H groups in total. The fourth-order valence-electron chi connectivity index (χ4n) is 0.960. The molecule has 0 aromatic carbocycles. The van der Waals surface area contributed by atoms with Gasteiger partial charge in [-0.2, -0.15) is 0 Å². The molecule has 0 radical (unpaired) electrons. The summed E-state index contributed by atoms with van der Waals surface area (Å²) in [5.41, 5.74) is 10.9. The van der Waals surface area contributed by atoms with Crippen LogP contribution in [0.1, 0.15) is 26.2 Å². The number of nitrogens with two attached hydrogens (primary N) is 2. The highest BCUT2D eigenvalue weighted by Gasteiger charge is 2.13. The minimum absolute atomic E-state index is 0.305. The third kappa shape index (κ3) is 6.62. The van der Waals surface area contributed by atoms with E-state index < -0.39 is 6.04 Å². The fourth-order valence-corrected chi connectivity index (χ4v) is 0.960. The summed E-state index contributed by atoms with van der Waals surface area (Å²) < 4.78 is 4.89. The summed E-state index contributed by atoms with van der Waals surface area (Å²) in [6, 6.07) is -0.508. The minimum Gasteiger partial charge on any atom is -0.460 e. The van der Waals surface area contributed by atoms with Crippen LogP contribution < -0.4 is 11.5 Å². The van der Waals surface area contributed by atoms with E-state index in [1.807, 2.05) is 13.0 Å². The van der Waals surface area contributed by atoms with Gasteiger partial charge in [0.25, 0.3) is 0 Å². The molecule has 1 atom stereocenters. The maximum atomic E-state index is 11.2. The molecule has 4 nitrogen and oxygen atoms in total. The number of hydrogen-bond donors (Lipinski definition) is 2. The van der Waals surface area contributed by atoms with Gasteiger partial charge < -0.3 is 16.2 Å². The van der Waals surface area contributed by atoms with E-state index in [0.29, 0.717) is 19.6 Å². The van der Waals surface area contributed by atoms with Crippen molar-refractivity contribution in [2.45, 2.75) is 32.2 Å². The number of ether oxygens (including phenoxy) is 1. The van der Waals surface area contributed by atoms with Gasteiger partial charge in [0, 0.05) is 0 Å². The van der Waals surface area contributed by atoms with Crippen LogP contribution in [0, 0.1) is 0 Å². The van der Waals surface area contributed by atoms with Crippen molar-refractivity contribution in [3.8, 4) is 0 Å². The van der Waals surface area contributed by atoms with Crippen molar-refractivity contribution in [3.05, 3.63) is 12.2 Å². The number of unbranched alkanes of at least 4 members (excludes halogenated alkanes) is 1. The first-order valence-electron chi connectivity index (χ1n) is 4.95. The van der Waals surface area contributed by atoms with Gasteiger partial charge in [0.15, 0.2) is 0 Å². The summed E-state index contributed by atoms with van der Waals surface area (Å²) in [5.74, 6) is -0.333. The van der Waals surface area contributed by atoms with E-state index in [9.17, 15) is 4.79 Å². The lowest BCUT2D eigenvalue weighted by molar-refractivity contribution is -0.144. The molecule has 0 fully saturated rings. The lowest BCUT2D eigenvalue weighted by Crippen LogP contribution is -2.32. The van der Waals surface area contributed by atoms with Crippen molar-refractivity contribution in [1.29, 1.82) is 0 Å². The van der Waals surface area contributed by atoms with E-state index in [-0.39, 0.29) is 5.97 Å². The summed E-state index contributed by atoms with van der Waals surface area (Å²) >= 11 is 0. The average molecular weight is 200 g/mol. The molecule has 4 heteroatoms. The highest BCUT2D eigenvalue weighted by Crippen LogP contribution is 1.99. The van der Waals surface area contributed by atoms with Crippen LogP contribution in [0.3, 0.4) is 0 Å². The van der Waals surface area contributed by atoms with Gasteiger partial charge in [0.1, 0.15) is 12.6 Å². The molecule has 0 saturated carbocycles. The van der Waals surface area contributed by atoms with Crippen LogP contribution in [0.2, 0.25) is 0 Å². The standard InChI is InChI=1S/C10H20N2O2/c1-2-3-8-14-10(13)9(12)6-4-5-7-11/h2-3,9H,4-8,11-12H2,1H3/b3-2+/t9-/m0/s1. The van der Waals surface area contributed by atoms with Crippen molar-refractivity contribution in [2.75, 3.05) is 13.2 Å². The molecule has 0 bridgehead atoms. The van der Waals surface area contributed by atoms with Crippen LogP contribution in [0.25, 0.3) is 0 Å². The van der Waals surface area contributed by atoms with Gasteiger partial charge in [-0.05, 0) is 26.3 Å². The molecular formula is C10H20N2O2. The van der Waals surface area contributed by atoms with Gasteiger partial charge in [-0.15, -0.1) is 0 Å². The molecule has 0 aliphatic carbocycles. The Kier molecular flexibility index (Phi) is 8.17. The van der Waals surface area contributed by atoms with Gasteiger partial charge in [-0.3, -0.25) is 4.79 Å². The molecule has 0 aliphatic heterocycles. The predicted molar refractivity (Wildman–Crippen MR) is 56.7 cm³/mol. The smallest absolute Gasteiger partial charge is 0.323 e. The fraction of sp³-hybridized carbons (Fsp3) is 0.700. The van der Waals surface area contributed by atoms with Crippen LogP contribution in [0.15, 0.2) is 12.2 Å². The SMILES string of the molecule is C/C=C/COC(=O)[C@@H](N)CCCCN. The second-order valence-corrected chi connectivity index (χ2v) is 3.09. The van der Waals surface area contributed by atoms with Crippen LogP contribution >= 0.6 is 0 Å². The lowest BCUT2D eigenvalue weighted by Gasteiger charge is -2.09. The van der Waals surface area contributed by atoms with Crippen LogP contribution in [0.5, 0.6) is 0 Å². The Hall–Kier alpha value is -0.870. The number of hydrogen-bond acceptors (Lipinski definition) is 4. The van der Waals surface area contributed by atoms with Gasteiger partial charge in [0.2, 0.25) is 0 Å². The zero-order valence-electron chi connectivity index (χ0n) is 8.74. The molecule has 0 heterocycles. The monoisotopic (exact) mass is 200 g/mol. The Labute approximate surface area is 85.3 Å². The molecule has 82 valence electrons. The average Bonchev–Trinajstić information content (AvgIpc) is 2.18. The van der Waals surface area contributed by atoms with E-state index in [1.54, 1.807) is 6.08 Å². The predicted octanol–water partition coefficient (Wildman–Crippen LogP) is 0.562. The van der Waals surface area contributed by atoms with Crippen molar-refractivity contribution >= 4 is 5.97 Å². The van der Waals surface area contributed by atoms with Crippen LogP contribution in [-0.2, 0) is 9.53 Å². The zero-order valence-corrected chi connectivity index (χ0v) is 8.74. The molecule has 14 heavy (non-hydrogen) atoms. The number of carbonyl (C=O) groups excluding carboxylic acids is 1. The Morgan fingerprint density at radius 2 is 2.21 bits per heavy atom. The Balaban J connectivity index is 3.54. The summed E-state index contributed by atoms with van der Waals surface area (Å²) in [6.07, 6.45) is 6.01. The summed E-state index contributed by atoms with van der Waals surface area (Å²) in [4.78, 5) is 11.2. The number of allylic oxidation sites excluding steroid dienone is 1. The third-order valence-electron chi connectivity index (χ3n) is 1.83. The molecule has 0 unspecified atom stereocenters. The first-order valence-corrected chi connectivity index (χ1v) is 4.95. The second kappa shape index (κ2) is 8.72. The summed E-state index contributed by atoms with van der Waals surface area (Å²) in [5, 5.41) is 0. The number of esters is 1. The van der Waals surface area contributed by atoms with Crippen molar-refractivity contribution in [1.82, 2.24) is 0 Å². The zero-order chi connectivity index (χ0) is 10.8. The second-order valence-electron chi connectivity index (χ2n) is 3.09. The molecule has 0 amide bonds. The molecule has 0 aromatic heterocycles. The minimum atomic E-state index is -0.508. The summed E-state index contributed by atoms with van der Waals surface area (Å²) in [6.45, 7) is 2.81. The number of carbonyl (C=O) groups is 1. The van der Waals surface area contributed by atoms with Gasteiger partial charge >= 0.3 is 5.97 Å². The van der Waals surface area contributed by atoms with Crippen LogP contribution in [0.4, 0.5) is 0 Å². The van der Waals surface area contributed by atoms with Gasteiger partial charge in [-0.25, -0.2) is 0 Å². The normalized spacial score (nSPS) is 13.1. The van der Waals surface area contributed by atoms with E-state index in [4.69, 9.17) is 16.2 Å². The van der Waals surface area contributed by atoms with Crippen molar-refractivity contribution in [2.24, 2.45) is 11.5 Å². The summed E-state index contributed by atoms with van der Waals surface area (Å²) in [7, 11) is 0. The maximum Gasteiger partial charge on any atom is 0.323 e. The Morgan fingerprint density at radius 1 is 1.50 bits per heavy atom. The van der Waals surface area contributed by atoms with Gasteiger partial charge in [0.05, 0.1) is 0 Å². The number of rotatable bonds is 7. The highest BCUT2D eigenvalue weighted by molar-refractivity contribution is 5.75. The van der Waals surface area contributed by atoms with Crippen molar-refractivity contribution in [3.63, 3.8) is 0 Å². The van der Waals surface area contributed by atoms with E-state index in [0.717, 1.165) is 12.8 Å². The molecule has 0 aromatic rings. The quantitative estimate of drug-likeness (QED) is 0.357. The first kappa shape index (κ1) is 13.1. The Bertz CT molecular complexity index is 181. The third-order valence-corrected chi connectivity index (χ3v) is 1.83. The van der Waals surface area contributed by atoms with E-state index in [2.05, 4.69) is 0 Å². The lowest BCUT2D eigenvalue weighted by atomic mass is 10.1. The van der Waals surface area contributed by atoms with Gasteiger partial charge in [-0.1, -0.05) is 18.6 Å². The van der Waals surface area contributed by atoms with E-state index in [1.165, 1.54) is 0 Å². The van der Waals surface area contributed by atoms with Crippen molar-refractivity contribution < 1.29 is 9.53 Å². The molecule has 0 spiro atoms. The molecule has 0 aliphatic rings. The highest BCUT2D eigenvalue weighted by atomic mass is 16.5. The Morgan fingerprint density at radius 3 is 2.79 bits per heavy atom. The molecule has 0 rings (SSSR count). The maximum absolute atomic E-state index is 11.2. The topological polar surface area (TPSA) is 78.3 Å². The first-order chi connectivity index (χ1) is 6.72. The molecule has 0 saturated heterocycles. The largest absolute Gasteiger partial charge is 0.460 e.